The van der Waals surface area contributed by atoms with Gasteiger partial charge in [0.2, 0.25) is 11.8 Å². The fraction of sp³-hybridized carbons (Fsp3) is 0.467. The quantitative estimate of drug-likeness (QED) is 0.890. The zero-order valence-electron chi connectivity index (χ0n) is 13.3. The van der Waals surface area contributed by atoms with E-state index in [0.717, 1.165) is 19.4 Å². The molecule has 3 heterocycles. The highest BCUT2D eigenvalue weighted by molar-refractivity contribution is 5.92. The molecule has 2 aromatic heterocycles. The van der Waals surface area contributed by atoms with Gasteiger partial charge in [-0.15, -0.1) is 0 Å². The van der Waals surface area contributed by atoms with Crippen molar-refractivity contribution in [3.63, 3.8) is 0 Å². The second kappa shape index (κ2) is 6.64. The standard InChI is InChI=1S/C15H20N6O2/c1-20-9-12(17-10-20)14(22)18-11-4-3-7-21(8-11)15-16-6-5-13(19-15)23-2/h5-6,9-11H,3-4,7-8H2,1-2H3,(H,18,22). The topological polar surface area (TPSA) is 85.2 Å². The van der Waals surface area contributed by atoms with Gasteiger partial charge in [-0.3, -0.25) is 4.79 Å². The number of nitrogens with one attached hydrogen (secondary N) is 1. The number of amides is 1. The molecule has 8 nitrogen and oxygen atoms in total. The van der Waals surface area contributed by atoms with E-state index >= 15 is 0 Å². The molecule has 1 saturated heterocycles. The van der Waals surface area contributed by atoms with Crippen molar-refractivity contribution in [3.05, 3.63) is 30.5 Å². The van der Waals surface area contributed by atoms with Gasteiger partial charge in [0.1, 0.15) is 5.69 Å². The molecule has 0 aliphatic carbocycles. The third kappa shape index (κ3) is 3.58. The highest BCUT2D eigenvalue weighted by Gasteiger charge is 2.24. The fourth-order valence-electron chi connectivity index (χ4n) is 2.66. The molecule has 1 unspecified atom stereocenters. The Labute approximate surface area is 134 Å². The van der Waals surface area contributed by atoms with Crippen LogP contribution in [0.15, 0.2) is 24.8 Å². The van der Waals surface area contributed by atoms with Gasteiger partial charge in [0, 0.05) is 44.6 Å². The summed E-state index contributed by atoms with van der Waals surface area (Å²) in [6.45, 7) is 1.54. The minimum Gasteiger partial charge on any atom is -0.481 e. The number of nitrogens with zero attached hydrogens (tertiary/aromatic N) is 5. The number of hydrogen-bond donors (Lipinski definition) is 1. The number of piperidine rings is 1. The van der Waals surface area contributed by atoms with Gasteiger partial charge in [0.15, 0.2) is 0 Å². The maximum atomic E-state index is 12.2. The molecule has 1 N–H and O–H groups in total. The van der Waals surface area contributed by atoms with Crippen LogP contribution < -0.4 is 15.0 Å². The number of carbonyl (C=O) groups is 1. The molecule has 8 heteroatoms. The molecule has 1 amide bonds. The summed E-state index contributed by atoms with van der Waals surface area (Å²) in [5.74, 6) is 1.01. The first-order chi connectivity index (χ1) is 11.2. The van der Waals surface area contributed by atoms with Crippen LogP contribution in [-0.2, 0) is 7.05 Å². The molecule has 122 valence electrons. The monoisotopic (exact) mass is 316 g/mol. The van der Waals surface area contributed by atoms with Gasteiger partial charge < -0.3 is 19.5 Å². The average molecular weight is 316 g/mol. The molecule has 0 radical (unpaired) electrons. The summed E-state index contributed by atoms with van der Waals surface area (Å²) in [4.78, 5) is 27.0. The van der Waals surface area contributed by atoms with E-state index in [1.165, 1.54) is 0 Å². The molecule has 2 aromatic rings. The molecule has 1 atom stereocenters. The van der Waals surface area contributed by atoms with Crippen molar-refractivity contribution in [3.8, 4) is 5.88 Å². The number of hydrogen-bond acceptors (Lipinski definition) is 6. The third-order valence-corrected chi connectivity index (χ3v) is 3.80. The minimum atomic E-state index is -0.149. The van der Waals surface area contributed by atoms with Gasteiger partial charge in [-0.2, -0.15) is 4.98 Å². The van der Waals surface area contributed by atoms with Crippen LogP contribution in [0.5, 0.6) is 5.88 Å². The molecular formula is C15H20N6O2. The second-order valence-corrected chi connectivity index (χ2v) is 5.58. The lowest BCUT2D eigenvalue weighted by Crippen LogP contribution is -2.48. The Morgan fingerprint density at radius 1 is 1.43 bits per heavy atom. The normalized spacial score (nSPS) is 17.8. The van der Waals surface area contributed by atoms with Crippen LogP contribution in [0.4, 0.5) is 5.95 Å². The summed E-state index contributed by atoms with van der Waals surface area (Å²) in [6.07, 6.45) is 6.90. The Bertz CT molecular complexity index is 686. The van der Waals surface area contributed by atoms with Crippen LogP contribution in [-0.4, -0.2) is 51.7 Å². The van der Waals surface area contributed by atoms with Gasteiger partial charge >= 0.3 is 0 Å². The van der Waals surface area contributed by atoms with Crippen LogP contribution in [0, 0.1) is 0 Å². The number of methoxy groups -OCH3 is 1. The Kier molecular flexibility index (Phi) is 4.40. The van der Waals surface area contributed by atoms with Crippen molar-refractivity contribution in [2.24, 2.45) is 7.05 Å². The maximum Gasteiger partial charge on any atom is 0.271 e. The number of anilines is 1. The van der Waals surface area contributed by atoms with Crippen LogP contribution in [0.3, 0.4) is 0 Å². The smallest absolute Gasteiger partial charge is 0.271 e. The maximum absolute atomic E-state index is 12.2. The lowest BCUT2D eigenvalue weighted by Gasteiger charge is -2.33. The fourth-order valence-corrected chi connectivity index (χ4v) is 2.66. The van der Waals surface area contributed by atoms with E-state index in [2.05, 4.69) is 25.2 Å². The zero-order valence-corrected chi connectivity index (χ0v) is 13.3. The highest BCUT2D eigenvalue weighted by atomic mass is 16.5. The van der Waals surface area contributed by atoms with Gasteiger partial charge in [-0.25, -0.2) is 9.97 Å². The number of imidazole rings is 1. The predicted octanol–water partition coefficient (Wildman–Crippen LogP) is 0.617. The van der Waals surface area contributed by atoms with Crippen LogP contribution >= 0.6 is 0 Å². The van der Waals surface area contributed by atoms with Crippen molar-refractivity contribution >= 4 is 11.9 Å². The van der Waals surface area contributed by atoms with E-state index in [9.17, 15) is 4.79 Å². The highest BCUT2D eigenvalue weighted by Crippen LogP contribution is 2.18. The Hall–Kier alpha value is -2.64. The summed E-state index contributed by atoms with van der Waals surface area (Å²) in [5.41, 5.74) is 0.433. The van der Waals surface area contributed by atoms with E-state index < -0.39 is 0 Å². The van der Waals surface area contributed by atoms with Gasteiger partial charge in [-0.1, -0.05) is 0 Å². The molecule has 0 aromatic carbocycles. The van der Waals surface area contributed by atoms with E-state index in [1.54, 1.807) is 36.5 Å². The van der Waals surface area contributed by atoms with E-state index in [1.807, 2.05) is 7.05 Å². The van der Waals surface area contributed by atoms with Crippen molar-refractivity contribution in [1.29, 1.82) is 0 Å². The first-order valence-electron chi connectivity index (χ1n) is 7.56. The first kappa shape index (κ1) is 15.3. The first-order valence-corrected chi connectivity index (χ1v) is 7.56. The van der Waals surface area contributed by atoms with Crippen LogP contribution in [0.25, 0.3) is 0 Å². The van der Waals surface area contributed by atoms with Crippen LogP contribution in [0.1, 0.15) is 23.3 Å². The molecule has 3 rings (SSSR count). The lowest BCUT2D eigenvalue weighted by atomic mass is 10.1. The number of aromatic nitrogens is 4. The van der Waals surface area contributed by atoms with E-state index in [-0.39, 0.29) is 11.9 Å². The Morgan fingerprint density at radius 2 is 2.30 bits per heavy atom. The molecule has 0 bridgehead atoms. The summed E-state index contributed by atoms with van der Waals surface area (Å²) in [7, 11) is 3.42. The Balaban J connectivity index is 1.64. The molecular weight excluding hydrogens is 296 g/mol. The third-order valence-electron chi connectivity index (χ3n) is 3.80. The molecule has 1 fully saturated rings. The molecule has 1 aliphatic rings. The minimum absolute atomic E-state index is 0.0491. The number of aryl methyl sites for hydroxylation is 1. The summed E-state index contributed by atoms with van der Waals surface area (Å²) in [6, 6.07) is 1.77. The van der Waals surface area contributed by atoms with E-state index in [4.69, 9.17) is 4.74 Å². The summed E-state index contributed by atoms with van der Waals surface area (Å²) < 4.78 is 6.90. The van der Waals surface area contributed by atoms with Crippen molar-refractivity contribution < 1.29 is 9.53 Å². The molecule has 0 saturated carbocycles. The van der Waals surface area contributed by atoms with Crippen molar-refractivity contribution in [1.82, 2.24) is 24.8 Å². The predicted molar refractivity (Wildman–Crippen MR) is 84.5 cm³/mol. The SMILES string of the molecule is COc1ccnc(N2CCCC(NC(=O)c3cn(C)cn3)C2)n1. The van der Waals surface area contributed by atoms with E-state index in [0.29, 0.717) is 24.1 Å². The summed E-state index contributed by atoms with van der Waals surface area (Å²) in [5, 5.41) is 3.03. The molecule has 0 spiro atoms. The summed E-state index contributed by atoms with van der Waals surface area (Å²) >= 11 is 0. The molecule has 1 aliphatic heterocycles. The lowest BCUT2D eigenvalue weighted by molar-refractivity contribution is 0.0928. The van der Waals surface area contributed by atoms with Gasteiger partial charge in [0.05, 0.1) is 13.4 Å². The number of rotatable bonds is 4. The number of carbonyl (C=O) groups excluding carboxylic acids is 1. The van der Waals surface area contributed by atoms with Gasteiger partial charge in [0.25, 0.3) is 5.91 Å². The zero-order chi connectivity index (χ0) is 16.2. The van der Waals surface area contributed by atoms with Crippen LogP contribution in [0.2, 0.25) is 0 Å². The van der Waals surface area contributed by atoms with Crippen molar-refractivity contribution in [2.45, 2.75) is 18.9 Å². The van der Waals surface area contributed by atoms with Gasteiger partial charge in [-0.05, 0) is 12.8 Å². The average Bonchev–Trinajstić information content (AvgIpc) is 3.02. The Morgan fingerprint density at radius 3 is 3.04 bits per heavy atom. The van der Waals surface area contributed by atoms with Crippen molar-refractivity contribution in [2.75, 3.05) is 25.1 Å². The number of ether oxygens (including phenoxy) is 1. The largest absolute Gasteiger partial charge is 0.481 e. The second-order valence-electron chi connectivity index (χ2n) is 5.58. The molecule has 23 heavy (non-hydrogen) atoms.